The first-order valence-electron chi connectivity index (χ1n) is 8.47. The zero-order valence-electron chi connectivity index (χ0n) is 13.8. The molecule has 7 heteroatoms. The zero-order valence-corrected chi connectivity index (χ0v) is 14.6. The van der Waals surface area contributed by atoms with Gasteiger partial charge in [0.15, 0.2) is 5.82 Å². The van der Waals surface area contributed by atoms with Crippen LogP contribution in [0.3, 0.4) is 0 Å². The van der Waals surface area contributed by atoms with Gasteiger partial charge >= 0.3 is 0 Å². The molecule has 1 fully saturated rings. The number of aryl methyl sites for hydroxylation is 1. The van der Waals surface area contributed by atoms with Gasteiger partial charge in [0.2, 0.25) is 5.88 Å². The van der Waals surface area contributed by atoms with Crippen molar-refractivity contribution in [3.05, 3.63) is 34.6 Å². The van der Waals surface area contributed by atoms with Gasteiger partial charge in [0, 0.05) is 37.8 Å². The highest BCUT2D eigenvalue weighted by Gasteiger charge is 2.31. The van der Waals surface area contributed by atoms with Crippen LogP contribution < -0.4 is 0 Å². The number of pyridine rings is 1. The van der Waals surface area contributed by atoms with Crippen molar-refractivity contribution in [3.8, 4) is 11.7 Å². The molecule has 2 aliphatic rings. The minimum atomic E-state index is 0.207. The van der Waals surface area contributed by atoms with Crippen molar-refractivity contribution < 1.29 is 5.11 Å². The van der Waals surface area contributed by atoms with E-state index in [1.54, 1.807) is 6.07 Å². The van der Waals surface area contributed by atoms with Gasteiger partial charge in [-0.1, -0.05) is 17.7 Å². The lowest BCUT2D eigenvalue weighted by Crippen LogP contribution is -2.50. The third-order valence-electron chi connectivity index (χ3n) is 5.17. The maximum absolute atomic E-state index is 10.7. The van der Waals surface area contributed by atoms with Crippen molar-refractivity contribution in [2.24, 2.45) is 0 Å². The van der Waals surface area contributed by atoms with Crippen LogP contribution in [0.1, 0.15) is 17.7 Å². The molecule has 1 N–H and O–H groups in total. The maximum atomic E-state index is 10.7. The molecular formula is C17H22ClN5O. The van der Waals surface area contributed by atoms with Gasteiger partial charge in [-0.25, -0.2) is 4.98 Å². The highest BCUT2D eigenvalue weighted by Crippen LogP contribution is 2.32. The molecule has 0 saturated carbocycles. The molecule has 0 aromatic carbocycles. The molecule has 4 rings (SSSR count). The average Bonchev–Trinajstić information content (AvgIpc) is 2.92. The van der Waals surface area contributed by atoms with Gasteiger partial charge < -0.3 is 10.0 Å². The Morgan fingerprint density at radius 2 is 2.00 bits per heavy atom. The molecule has 1 unspecified atom stereocenters. The van der Waals surface area contributed by atoms with Gasteiger partial charge in [0.1, 0.15) is 5.15 Å². The number of aromatic nitrogens is 3. The lowest BCUT2D eigenvalue weighted by Gasteiger charge is -2.39. The monoisotopic (exact) mass is 347 g/mol. The summed E-state index contributed by atoms with van der Waals surface area (Å²) in [4.78, 5) is 9.17. The highest BCUT2D eigenvalue weighted by molar-refractivity contribution is 6.29. The summed E-state index contributed by atoms with van der Waals surface area (Å²) in [6.45, 7) is 4.42. The van der Waals surface area contributed by atoms with Crippen LogP contribution in [0.25, 0.3) is 5.82 Å². The molecule has 1 atom stereocenters. The van der Waals surface area contributed by atoms with Crippen LogP contribution in [0, 0.1) is 0 Å². The van der Waals surface area contributed by atoms with Crippen molar-refractivity contribution in [2.75, 3.05) is 33.2 Å². The second kappa shape index (κ2) is 6.35. The number of hydrogen-bond acceptors (Lipinski definition) is 5. The average molecular weight is 348 g/mol. The Morgan fingerprint density at radius 3 is 2.75 bits per heavy atom. The molecule has 2 aromatic rings. The van der Waals surface area contributed by atoms with Crippen molar-refractivity contribution in [1.82, 2.24) is 24.6 Å². The number of likely N-dealkylation sites (N-methyl/N-ethyl adjacent to an activating group) is 1. The quantitative estimate of drug-likeness (QED) is 0.838. The van der Waals surface area contributed by atoms with Crippen molar-refractivity contribution >= 4 is 11.6 Å². The van der Waals surface area contributed by atoms with Crippen LogP contribution >= 0.6 is 11.6 Å². The second-order valence-electron chi connectivity index (χ2n) is 6.72. The Bertz CT molecular complexity index is 739. The van der Waals surface area contributed by atoms with Crippen LogP contribution in [0.15, 0.2) is 18.2 Å². The van der Waals surface area contributed by atoms with Crippen LogP contribution in [0.4, 0.5) is 0 Å². The van der Waals surface area contributed by atoms with E-state index in [-0.39, 0.29) is 5.88 Å². The molecule has 0 amide bonds. The standard InChI is InChI=1S/C17H22ClN5O/c1-21-7-9-22(10-8-21)12-5-6-14-13(11-12)17(24)23(20-14)16-4-2-3-15(18)19-16/h2-4,12,24H,5-11H2,1H3. The molecule has 0 spiro atoms. The zero-order chi connectivity index (χ0) is 16.7. The predicted octanol–water partition coefficient (Wildman–Crippen LogP) is 1.73. The summed E-state index contributed by atoms with van der Waals surface area (Å²) in [7, 11) is 2.17. The van der Waals surface area contributed by atoms with Gasteiger partial charge in [-0.2, -0.15) is 9.78 Å². The first kappa shape index (κ1) is 15.9. The van der Waals surface area contributed by atoms with Gasteiger partial charge in [-0.3, -0.25) is 4.90 Å². The van der Waals surface area contributed by atoms with Gasteiger partial charge in [0.05, 0.1) is 5.69 Å². The number of rotatable bonds is 2. The SMILES string of the molecule is CN1CCN(C2CCc3nn(-c4cccc(Cl)n4)c(O)c3C2)CC1. The summed E-state index contributed by atoms with van der Waals surface area (Å²) in [5.74, 6) is 0.768. The van der Waals surface area contributed by atoms with E-state index in [0.29, 0.717) is 17.0 Å². The normalized spacial score (nSPS) is 22.5. The van der Waals surface area contributed by atoms with E-state index in [2.05, 4.69) is 26.9 Å². The number of aromatic hydroxyl groups is 1. The molecule has 0 bridgehead atoms. The van der Waals surface area contributed by atoms with E-state index in [9.17, 15) is 5.11 Å². The summed E-state index contributed by atoms with van der Waals surface area (Å²) < 4.78 is 1.52. The van der Waals surface area contributed by atoms with E-state index in [1.807, 2.05) is 12.1 Å². The molecular weight excluding hydrogens is 326 g/mol. The molecule has 1 aliphatic heterocycles. The summed E-state index contributed by atoms with van der Waals surface area (Å²) in [6, 6.07) is 5.83. The van der Waals surface area contributed by atoms with Crippen LogP contribution in [-0.2, 0) is 12.8 Å². The van der Waals surface area contributed by atoms with E-state index in [0.717, 1.165) is 56.7 Å². The number of hydrogen-bond donors (Lipinski definition) is 1. The van der Waals surface area contributed by atoms with E-state index in [1.165, 1.54) is 4.68 Å². The Morgan fingerprint density at radius 1 is 1.21 bits per heavy atom. The number of fused-ring (bicyclic) bond motifs is 1. The van der Waals surface area contributed by atoms with Gasteiger partial charge in [-0.05, 0) is 38.4 Å². The highest BCUT2D eigenvalue weighted by atomic mass is 35.5. The summed E-state index contributed by atoms with van der Waals surface area (Å²) in [6.07, 6.45) is 2.84. The smallest absolute Gasteiger partial charge is 0.219 e. The van der Waals surface area contributed by atoms with Crippen molar-refractivity contribution in [2.45, 2.75) is 25.3 Å². The molecule has 1 aliphatic carbocycles. The molecule has 6 nitrogen and oxygen atoms in total. The molecule has 1 saturated heterocycles. The van der Waals surface area contributed by atoms with Crippen molar-refractivity contribution in [3.63, 3.8) is 0 Å². The largest absolute Gasteiger partial charge is 0.493 e. The number of halogens is 1. The van der Waals surface area contributed by atoms with E-state index >= 15 is 0 Å². The van der Waals surface area contributed by atoms with Crippen molar-refractivity contribution in [1.29, 1.82) is 0 Å². The predicted molar refractivity (Wildman–Crippen MR) is 92.9 cm³/mol. The lowest BCUT2D eigenvalue weighted by molar-refractivity contribution is 0.103. The van der Waals surface area contributed by atoms with Gasteiger partial charge in [-0.15, -0.1) is 0 Å². The Kier molecular flexibility index (Phi) is 4.20. The summed E-state index contributed by atoms with van der Waals surface area (Å²) >= 11 is 5.97. The van der Waals surface area contributed by atoms with E-state index in [4.69, 9.17) is 11.6 Å². The summed E-state index contributed by atoms with van der Waals surface area (Å²) in [5, 5.41) is 15.6. The maximum Gasteiger partial charge on any atom is 0.219 e. The number of nitrogens with zero attached hydrogens (tertiary/aromatic N) is 5. The molecule has 128 valence electrons. The molecule has 24 heavy (non-hydrogen) atoms. The first-order chi connectivity index (χ1) is 11.6. The fourth-order valence-corrected chi connectivity index (χ4v) is 3.87. The minimum absolute atomic E-state index is 0.207. The fourth-order valence-electron chi connectivity index (χ4n) is 3.71. The topological polar surface area (TPSA) is 57.4 Å². The molecule has 0 radical (unpaired) electrons. The van der Waals surface area contributed by atoms with E-state index < -0.39 is 0 Å². The minimum Gasteiger partial charge on any atom is -0.493 e. The van der Waals surface area contributed by atoms with Gasteiger partial charge in [0.25, 0.3) is 0 Å². The third kappa shape index (κ3) is 2.90. The lowest BCUT2D eigenvalue weighted by atomic mass is 9.91. The second-order valence-corrected chi connectivity index (χ2v) is 7.10. The molecule has 3 heterocycles. The van der Waals surface area contributed by atoms with Crippen LogP contribution in [0.5, 0.6) is 5.88 Å². The van der Waals surface area contributed by atoms with Crippen LogP contribution in [0.2, 0.25) is 5.15 Å². The number of piperazine rings is 1. The van der Waals surface area contributed by atoms with Crippen LogP contribution in [-0.4, -0.2) is 68.9 Å². The summed E-state index contributed by atoms with van der Waals surface area (Å²) in [5.41, 5.74) is 1.95. The Balaban J connectivity index is 1.58. The third-order valence-corrected chi connectivity index (χ3v) is 5.38. The Labute approximate surface area is 146 Å². The first-order valence-corrected chi connectivity index (χ1v) is 8.85. The Hall–Kier alpha value is -1.63. The fraction of sp³-hybridized carbons (Fsp3) is 0.529. The molecule has 2 aromatic heterocycles.